The van der Waals surface area contributed by atoms with Gasteiger partial charge in [0.05, 0.1) is 11.2 Å². The summed E-state index contributed by atoms with van der Waals surface area (Å²) < 4.78 is 17.0. The summed E-state index contributed by atoms with van der Waals surface area (Å²) in [6.45, 7) is 24.5. The number of hydrogen-bond donors (Lipinski definition) is 1. The Morgan fingerprint density at radius 2 is 1.37 bits per heavy atom. The highest BCUT2D eigenvalue weighted by molar-refractivity contribution is 5.60. The fraction of sp³-hybridized carbons (Fsp3) is 0.955. The highest BCUT2D eigenvalue weighted by atomic mass is 16.7. The predicted molar refractivity (Wildman–Crippen MR) is 110 cm³/mol. The minimum Gasteiger partial charge on any atom is -0.434 e. The molecule has 0 aliphatic carbocycles. The summed E-state index contributed by atoms with van der Waals surface area (Å²) in [6.07, 6.45) is 0.0347. The third-order valence-electron chi connectivity index (χ3n) is 6.62. The quantitative estimate of drug-likeness (QED) is 0.522. The topological polar surface area (TPSA) is 65.0 Å². The minimum atomic E-state index is -0.910. The number of hydrogen-bond acceptors (Lipinski definition) is 5. The molecule has 0 heterocycles. The lowest BCUT2D eigenvalue weighted by Crippen LogP contribution is -2.46. The molecule has 0 spiro atoms. The summed E-state index contributed by atoms with van der Waals surface area (Å²) in [5.74, 6) is -0.186. The van der Waals surface area contributed by atoms with Crippen LogP contribution in [0.2, 0.25) is 0 Å². The van der Waals surface area contributed by atoms with Crippen LogP contribution in [0.15, 0.2) is 0 Å². The van der Waals surface area contributed by atoms with E-state index >= 15 is 0 Å². The van der Waals surface area contributed by atoms with E-state index in [0.717, 1.165) is 6.42 Å². The largest absolute Gasteiger partial charge is 0.508 e. The van der Waals surface area contributed by atoms with E-state index in [1.807, 2.05) is 20.8 Å². The van der Waals surface area contributed by atoms with E-state index in [0.29, 0.717) is 6.61 Å². The molecule has 0 bridgehead atoms. The third kappa shape index (κ3) is 7.98. The molecule has 0 aromatic rings. The maximum Gasteiger partial charge on any atom is 0.508 e. The zero-order valence-electron chi connectivity index (χ0n) is 19.8. The van der Waals surface area contributed by atoms with Gasteiger partial charge < -0.3 is 19.3 Å². The molecule has 0 aliphatic rings. The van der Waals surface area contributed by atoms with Gasteiger partial charge in [-0.05, 0) is 53.4 Å². The van der Waals surface area contributed by atoms with Crippen molar-refractivity contribution in [3.05, 3.63) is 0 Å². The second-order valence-electron chi connectivity index (χ2n) is 11.0. The van der Waals surface area contributed by atoms with E-state index < -0.39 is 17.4 Å². The number of rotatable bonds is 9. The standard InChI is InChI=1S/C22H44O5/c1-16(20(7,8)24)15-25-17(23)27-22(11,12)19(5,6)13-14-26-21(9,10)18(2,3)4/h16,24H,13-15H2,1-12H3. The van der Waals surface area contributed by atoms with Crippen molar-refractivity contribution in [1.29, 1.82) is 0 Å². The molecule has 0 radical (unpaired) electrons. The van der Waals surface area contributed by atoms with Gasteiger partial charge in [0, 0.05) is 17.9 Å². The van der Waals surface area contributed by atoms with Gasteiger partial charge in [0.1, 0.15) is 12.2 Å². The molecule has 0 fully saturated rings. The Bertz CT molecular complexity index is 478. The Morgan fingerprint density at radius 1 is 0.889 bits per heavy atom. The van der Waals surface area contributed by atoms with Gasteiger partial charge >= 0.3 is 6.16 Å². The maximum atomic E-state index is 12.1. The maximum absolute atomic E-state index is 12.1. The van der Waals surface area contributed by atoms with Gasteiger partial charge in [-0.2, -0.15) is 0 Å². The first-order valence-corrected chi connectivity index (χ1v) is 9.95. The molecular weight excluding hydrogens is 344 g/mol. The molecule has 5 nitrogen and oxygen atoms in total. The summed E-state index contributed by atoms with van der Waals surface area (Å²) in [5, 5.41) is 9.93. The smallest absolute Gasteiger partial charge is 0.434 e. The molecule has 0 saturated carbocycles. The van der Waals surface area contributed by atoms with Crippen LogP contribution in [0.25, 0.3) is 0 Å². The minimum absolute atomic E-state index is 0.0319. The number of ether oxygens (including phenoxy) is 3. The summed E-state index contributed by atoms with van der Waals surface area (Å²) in [4.78, 5) is 12.1. The molecule has 0 amide bonds. The van der Waals surface area contributed by atoms with Crippen molar-refractivity contribution in [3.63, 3.8) is 0 Å². The van der Waals surface area contributed by atoms with E-state index in [-0.39, 0.29) is 29.0 Å². The van der Waals surface area contributed by atoms with Gasteiger partial charge in [-0.1, -0.05) is 41.5 Å². The first kappa shape index (κ1) is 26.2. The van der Waals surface area contributed by atoms with Gasteiger partial charge in [-0.3, -0.25) is 0 Å². The van der Waals surface area contributed by atoms with Crippen molar-refractivity contribution in [2.24, 2.45) is 16.7 Å². The van der Waals surface area contributed by atoms with E-state index in [9.17, 15) is 9.90 Å². The molecule has 0 saturated heterocycles. The zero-order chi connectivity index (χ0) is 21.9. The molecule has 0 aromatic heterocycles. The molecule has 1 atom stereocenters. The first-order valence-electron chi connectivity index (χ1n) is 9.95. The molecular formula is C22H44O5. The van der Waals surface area contributed by atoms with Crippen molar-refractivity contribution in [3.8, 4) is 0 Å². The highest BCUT2D eigenvalue weighted by Crippen LogP contribution is 2.39. The second kappa shape index (κ2) is 8.69. The SMILES string of the molecule is CC(COC(=O)OC(C)(C)C(C)(C)CCOC(C)(C)C(C)(C)C)C(C)(C)O. The Hall–Kier alpha value is -0.810. The van der Waals surface area contributed by atoms with Crippen LogP contribution in [0.1, 0.15) is 89.5 Å². The fourth-order valence-corrected chi connectivity index (χ4v) is 1.85. The Kier molecular flexibility index (Phi) is 8.43. The molecule has 0 aliphatic heterocycles. The Balaban J connectivity index is 4.72. The van der Waals surface area contributed by atoms with Crippen LogP contribution in [0.4, 0.5) is 4.79 Å². The van der Waals surface area contributed by atoms with E-state index in [1.54, 1.807) is 13.8 Å². The van der Waals surface area contributed by atoms with Crippen LogP contribution in [-0.4, -0.2) is 41.3 Å². The molecule has 0 rings (SSSR count). The monoisotopic (exact) mass is 388 g/mol. The normalized spacial score (nSPS) is 15.4. The van der Waals surface area contributed by atoms with Crippen LogP contribution in [0.3, 0.4) is 0 Å². The molecule has 1 N–H and O–H groups in total. The summed E-state index contributed by atoms with van der Waals surface area (Å²) in [6, 6.07) is 0. The highest BCUT2D eigenvalue weighted by Gasteiger charge is 2.42. The van der Waals surface area contributed by atoms with Crippen molar-refractivity contribution >= 4 is 6.16 Å². The van der Waals surface area contributed by atoms with E-state index in [2.05, 4.69) is 48.5 Å². The number of aliphatic hydroxyl groups is 1. The van der Waals surface area contributed by atoms with Gasteiger partial charge in [0.25, 0.3) is 0 Å². The van der Waals surface area contributed by atoms with Gasteiger partial charge in [0.15, 0.2) is 0 Å². The summed E-state index contributed by atoms with van der Waals surface area (Å²) >= 11 is 0. The van der Waals surface area contributed by atoms with Gasteiger partial charge in [-0.15, -0.1) is 0 Å². The third-order valence-corrected chi connectivity index (χ3v) is 6.62. The van der Waals surface area contributed by atoms with Crippen LogP contribution in [-0.2, 0) is 14.2 Å². The molecule has 5 heteroatoms. The van der Waals surface area contributed by atoms with Gasteiger partial charge in [-0.25, -0.2) is 4.79 Å². The van der Waals surface area contributed by atoms with E-state index in [1.165, 1.54) is 0 Å². The molecule has 162 valence electrons. The summed E-state index contributed by atoms with van der Waals surface area (Å²) in [7, 11) is 0. The lowest BCUT2D eigenvalue weighted by atomic mass is 9.74. The fourth-order valence-electron chi connectivity index (χ4n) is 1.85. The van der Waals surface area contributed by atoms with Gasteiger partial charge in [0.2, 0.25) is 0 Å². The Labute approximate surface area is 167 Å². The molecule has 1 unspecified atom stereocenters. The van der Waals surface area contributed by atoms with Crippen LogP contribution >= 0.6 is 0 Å². The Morgan fingerprint density at radius 3 is 1.78 bits per heavy atom. The van der Waals surface area contributed by atoms with Crippen molar-refractivity contribution < 1.29 is 24.1 Å². The predicted octanol–water partition coefficient (Wildman–Crippen LogP) is 5.58. The molecule has 0 aromatic carbocycles. The zero-order valence-corrected chi connectivity index (χ0v) is 19.8. The lowest BCUT2D eigenvalue weighted by molar-refractivity contribution is -0.123. The number of carbonyl (C=O) groups is 1. The lowest BCUT2D eigenvalue weighted by Gasteiger charge is -2.43. The first-order chi connectivity index (χ1) is 11.7. The van der Waals surface area contributed by atoms with Crippen molar-refractivity contribution in [2.75, 3.05) is 13.2 Å². The van der Waals surface area contributed by atoms with E-state index in [4.69, 9.17) is 14.2 Å². The van der Waals surface area contributed by atoms with Crippen LogP contribution < -0.4 is 0 Å². The molecule has 27 heavy (non-hydrogen) atoms. The second-order valence-corrected chi connectivity index (χ2v) is 11.0. The van der Waals surface area contributed by atoms with Crippen molar-refractivity contribution in [1.82, 2.24) is 0 Å². The van der Waals surface area contributed by atoms with Crippen molar-refractivity contribution in [2.45, 2.75) is 106 Å². The van der Waals surface area contributed by atoms with Crippen LogP contribution in [0, 0.1) is 16.7 Å². The average Bonchev–Trinajstić information content (AvgIpc) is 2.41. The van der Waals surface area contributed by atoms with Crippen LogP contribution in [0.5, 0.6) is 0 Å². The summed E-state index contributed by atoms with van der Waals surface area (Å²) in [5.41, 5.74) is -2.16. The average molecular weight is 389 g/mol. The number of carbonyl (C=O) groups excluding carboxylic acids is 1.